The Morgan fingerprint density at radius 2 is 1.92 bits per heavy atom. The Morgan fingerprint density at radius 3 is 2.58 bits per heavy atom. The molecule has 1 aromatic heterocycles. The molecular formula is C20H20ClN3O2. The van der Waals surface area contributed by atoms with Gasteiger partial charge in [0.25, 0.3) is 5.91 Å². The van der Waals surface area contributed by atoms with Gasteiger partial charge in [0, 0.05) is 12.1 Å². The summed E-state index contributed by atoms with van der Waals surface area (Å²) in [5, 5.41) is 8.12. The highest BCUT2D eigenvalue weighted by Crippen LogP contribution is 2.28. The van der Waals surface area contributed by atoms with Crippen molar-refractivity contribution in [2.24, 2.45) is 0 Å². The molecule has 0 spiro atoms. The van der Waals surface area contributed by atoms with Gasteiger partial charge in [-0.2, -0.15) is 5.10 Å². The monoisotopic (exact) mass is 369 g/mol. The van der Waals surface area contributed by atoms with Gasteiger partial charge in [0.15, 0.2) is 0 Å². The van der Waals surface area contributed by atoms with E-state index in [0.29, 0.717) is 23.0 Å². The largest absolute Gasteiger partial charge is 0.497 e. The van der Waals surface area contributed by atoms with E-state index < -0.39 is 0 Å². The second kappa shape index (κ2) is 8.06. The summed E-state index contributed by atoms with van der Waals surface area (Å²) in [6.45, 7) is 2.62. The molecule has 5 nitrogen and oxygen atoms in total. The molecule has 0 fully saturated rings. The summed E-state index contributed by atoms with van der Waals surface area (Å²) in [5.41, 5.74) is 2.66. The molecule has 26 heavy (non-hydrogen) atoms. The van der Waals surface area contributed by atoms with Gasteiger partial charge in [0.05, 0.1) is 23.5 Å². The fourth-order valence-electron chi connectivity index (χ4n) is 2.59. The van der Waals surface area contributed by atoms with Crippen molar-refractivity contribution in [1.82, 2.24) is 15.1 Å². The Labute approximate surface area is 157 Å². The summed E-state index contributed by atoms with van der Waals surface area (Å²) >= 11 is 6.30. The highest BCUT2D eigenvalue weighted by Gasteiger charge is 2.18. The number of carbonyl (C=O) groups is 1. The molecule has 0 aliphatic rings. The van der Waals surface area contributed by atoms with E-state index in [4.69, 9.17) is 16.3 Å². The third-order valence-electron chi connectivity index (χ3n) is 3.94. The maximum absolute atomic E-state index is 12.6. The van der Waals surface area contributed by atoms with Gasteiger partial charge in [-0.3, -0.25) is 4.79 Å². The first-order chi connectivity index (χ1) is 12.6. The molecule has 1 N–H and O–H groups in total. The zero-order chi connectivity index (χ0) is 18.5. The number of carbonyl (C=O) groups excluding carboxylic acids is 1. The zero-order valence-corrected chi connectivity index (χ0v) is 15.5. The number of rotatable bonds is 6. The molecular weight excluding hydrogens is 350 g/mol. The van der Waals surface area contributed by atoms with Crippen LogP contribution >= 0.6 is 11.6 Å². The topological polar surface area (TPSA) is 56.2 Å². The van der Waals surface area contributed by atoms with E-state index in [1.807, 2.05) is 49.4 Å². The number of benzene rings is 2. The lowest BCUT2D eigenvalue weighted by atomic mass is 10.1. The van der Waals surface area contributed by atoms with Crippen molar-refractivity contribution in [3.05, 3.63) is 65.3 Å². The number of nitrogens with zero attached hydrogens (tertiary/aromatic N) is 2. The Kier molecular flexibility index (Phi) is 5.58. The Bertz CT molecular complexity index is 904. The number of halogens is 1. The van der Waals surface area contributed by atoms with E-state index in [-0.39, 0.29) is 5.91 Å². The molecule has 6 heteroatoms. The van der Waals surface area contributed by atoms with Crippen molar-refractivity contribution in [2.75, 3.05) is 13.7 Å². The standard InChI is InChI=1S/C20H20ClN3O2/c1-3-12-22-20(25)19-13-18(16-6-4-5-7-17(16)21)23-24(19)14-8-10-15(26-2)11-9-14/h4-11,13H,3,12H2,1-2H3,(H,22,25). The van der Waals surface area contributed by atoms with Crippen LogP contribution in [-0.4, -0.2) is 29.3 Å². The normalized spacial score (nSPS) is 10.6. The average Bonchev–Trinajstić information content (AvgIpc) is 3.11. The van der Waals surface area contributed by atoms with Crippen molar-refractivity contribution in [3.63, 3.8) is 0 Å². The van der Waals surface area contributed by atoms with E-state index in [2.05, 4.69) is 10.4 Å². The van der Waals surface area contributed by atoms with Gasteiger partial charge >= 0.3 is 0 Å². The van der Waals surface area contributed by atoms with Gasteiger partial charge in [-0.05, 0) is 42.8 Å². The molecule has 3 rings (SSSR count). The first-order valence-corrected chi connectivity index (χ1v) is 8.79. The summed E-state index contributed by atoms with van der Waals surface area (Å²) in [5.74, 6) is 0.567. The van der Waals surface area contributed by atoms with E-state index in [1.54, 1.807) is 23.9 Å². The number of amides is 1. The van der Waals surface area contributed by atoms with Crippen LogP contribution in [0.5, 0.6) is 5.75 Å². The van der Waals surface area contributed by atoms with Gasteiger partial charge in [-0.25, -0.2) is 4.68 Å². The maximum atomic E-state index is 12.6. The lowest BCUT2D eigenvalue weighted by molar-refractivity contribution is 0.0946. The quantitative estimate of drug-likeness (QED) is 0.703. The van der Waals surface area contributed by atoms with Crippen LogP contribution in [0.4, 0.5) is 0 Å². The highest BCUT2D eigenvalue weighted by molar-refractivity contribution is 6.33. The van der Waals surface area contributed by atoms with Gasteiger partial charge in [-0.1, -0.05) is 36.7 Å². The number of nitrogens with one attached hydrogen (secondary N) is 1. The lowest BCUT2D eigenvalue weighted by Gasteiger charge is -2.08. The van der Waals surface area contributed by atoms with Crippen LogP contribution in [-0.2, 0) is 0 Å². The fraction of sp³-hybridized carbons (Fsp3) is 0.200. The second-order valence-electron chi connectivity index (χ2n) is 5.76. The number of methoxy groups -OCH3 is 1. The van der Waals surface area contributed by atoms with Crippen molar-refractivity contribution >= 4 is 17.5 Å². The fourth-order valence-corrected chi connectivity index (χ4v) is 2.83. The smallest absolute Gasteiger partial charge is 0.270 e. The zero-order valence-electron chi connectivity index (χ0n) is 14.7. The van der Waals surface area contributed by atoms with Crippen molar-refractivity contribution in [3.8, 4) is 22.7 Å². The summed E-state index contributed by atoms with van der Waals surface area (Å²) in [6.07, 6.45) is 0.861. The molecule has 2 aromatic carbocycles. The van der Waals surface area contributed by atoms with Crippen LogP contribution in [0.25, 0.3) is 16.9 Å². The third-order valence-corrected chi connectivity index (χ3v) is 4.27. The summed E-state index contributed by atoms with van der Waals surface area (Å²) in [4.78, 5) is 12.6. The minimum atomic E-state index is -0.173. The third kappa shape index (κ3) is 3.73. The molecule has 0 aliphatic heterocycles. The molecule has 134 valence electrons. The predicted molar refractivity (Wildman–Crippen MR) is 103 cm³/mol. The maximum Gasteiger partial charge on any atom is 0.270 e. The number of hydrogen-bond donors (Lipinski definition) is 1. The molecule has 0 radical (unpaired) electrons. The minimum Gasteiger partial charge on any atom is -0.497 e. The lowest BCUT2D eigenvalue weighted by Crippen LogP contribution is -2.26. The number of ether oxygens (including phenoxy) is 1. The van der Waals surface area contributed by atoms with E-state index in [9.17, 15) is 4.79 Å². The van der Waals surface area contributed by atoms with E-state index >= 15 is 0 Å². The summed E-state index contributed by atoms with van der Waals surface area (Å²) in [6, 6.07) is 16.6. The van der Waals surface area contributed by atoms with E-state index in [1.165, 1.54) is 0 Å². The number of hydrogen-bond acceptors (Lipinski definition) is 3. The van der Waals surface area contributed by atoms with Crippen LogP contribution in [0.1, 0.15) is 23.8 Å². The van der Waals surface area contributed by atoms with Crippen LogP contribution in [0.2, 0.25) is 5.02 Å². The molecule has 0 saturated heterocycles. The average molecular weight is 370 g/mol. The van der Waals surface area contributed by atoms with Crippen molar-refractivity contribution in [1.29, 1.82) is 0 Å². The molecule has 3 aromatic rings. The van der Waals surface area contributed by atoms with Crippen LogP contribution in [0.3, 0.4) is 0 Å². The van der Waals surface area contributed by atoms with Crippen LogP contribution < -0.4 is 10.1 Å². The summed E-state index contributed by atoms with van der Waals surface area (Å²) in [7, 11) is 1.61. The highest BCUT2D eigenvalue weighted by atomic mass is 35.5. The first-order valence-electron chi connectivity index (χ1n) is 8.41. The molecule has 0 unspecified atom stereocenters. The first kappa shape index (κ1) is 18.0. The van der Waals surface area contributed by atoms with Gasteiger partial charge in [-0.15, -0.1) is 0 Å². The molecule has 0 bridgehead atoms. The molecule has 1 amide bonds. The SMILES string of the molecule is CCCNC(=O)c1cc(-c2ccccc2Cl)nn1-c1ccc(OC)cc1. The predicted octanol–water partition coefficient (Wildman–Crippen LogP) is 4.34. The minimum absolute atomic E-state index is 0.173. The Morgan fingerprint density at radius 1 is 1.19 bits per heavy atom. The molecule has 1 heterocycles. The van der Waals surface area contributed by atoms with Gasteiger partial charge in [0.2, 0.25) is 0 Å². The van der Waals surface area contributed by atoms with Crippen molar-refractivity contribution < 1.29 is 9.53 Å². The van der Waals surface area contributed by atoms with Crippen molar-refractivity contribution in [2.45, 2.75) is 13.3 Å². The number of aromatic nitrogens is 2. The Balaban J connectivity index is 2.08. The van der Waals surface area contributed by atoms with E-state index in [0.717, 1.165) is 23.4 Å². The summed E-state index contributed by atoms with van der Waals surface area (Å²) < 4.78 is 6.83. The second-order valence-corrected chi connectivity index (χ2v) is 6.17. The Hall–Kier alpha value is -2.79. The van der Waals surface area contributed by atoms with Gasteiger partial charge in [0.1, 0.15) is 11.4 Å². The molecule has 0 saturated carbocycles. The molecule has 0 atom stereocenters. The van der Waals surface area contributed by atoms with Crippen LogP contribution in [0.15, 0.2) is 54.6 Å². The molecule has 0 aliphatic carbocycles. The van der Waals surface area contributed by atoms with Crippen LogP contribution in [0, 0.1) is 0 Å². The van der Waals surface area contributed by atoms with Gasteiger partial charge < -0.3 is 10.1 Å².